The van der Waals surface area contributed by atoms with Crippen LogP contribution < -0.4 is 0 Å². The summed E-state index contributed by atoms with van der Waals surface area (Å²) < 4.78 is 78.3. The van der Waals surface area contributed by atoms with Crippen LogP contribution in [0.15, 0.2) is 11.8 Å². The van der Waals surface area contributed by atoms with Crippen LogP contribution in [0.3, 0.4) is 0 Å². The maximum Gasteiger partial charge on any atom is 0.403 e. The Morgan fingerprint density at radius 3 is 2.00 bits per heavy atom. The zero-order valence-corrected chi connectivity index (χ0v) is 8.48. The number of ether oxygens (including phenoxy) is 1. The molecule has 0 saturated carbocycles. The van der Waals surface area contributed by atoms with E-state index in [1.54, 1.807) is 0 Å². The van der Waals surface area contributed by atoms with E-state index in [1.165, 1.54) is 0 Å². The lowest BCUT2D eigenvalue weighted by molar-refractivity contribution is -0.302. The van der Waals surface area contributed by atoms with E-state index in [9.17, 15) is 31.4 Å². The van der Waals surface area contributed by atoms with E-state index in [4.69, 9.17) is 0 Å². The minimum atomic E-state index is -5.55. The zero-order chi connectivity index (χ0) is 13.3. The highest BCUT2D eigenvalue weighted by Crippen LogP contribution is 2.43. The first-order valence-electron chi connectivity index (χ1n) is 4.76. The van der Waals surface area contributed by atoms with Crippen molar-refractivity contribution in [3.8, 4) is 0 Å². The van der Waals surface area contributed by atoms with Gasteiger partial charge < -0.3 is 9.84 Å². The average molecular weight is 264 g/mol. The molecule has 2 nitrogen and oxygen atoms in total. The largest absolute Gasteiger partial charge is 0.501 e. The van der Waals surface area contributed by atoms with Crippen LogP contribution in [0.1, 0.15) is 12.8 Å². The zero-order valence-electron chi connectivity index (χ0n) is 8.48. The average Bonchev–Trinajstić information content (AvgIpc) is 2.14. The summed E-state index contributed by atoms with van der Waals surface area (Å²) in [6.07, 6.45) is -12.7. The van der Waals surface area contributed by atoms with Crippen LogP contribution in [0.4, 0.5) is 26.3 Å². The second kappa shape index (κ2) is 4.75. The fourth-order valence-corrected chi connectivity index (χ4v) is 1.56. The molecule has 1 N–H and O–H groups in total. The Balaban J connectivity index is 2.95. The van der Waals surface area contributed by atoms with Gasteiger partial charge in [-0.3, -0.25) is 0 Å². The van der Waals surface area contributed by atoms with Gasteiger partial charge in [-0.2, -0.15) is 26.3 Å². The third kappa shape index (κ3) is 3.52. The molecule has 1 rings (SSSR count). The van der Waals surface area contributed by atoms with Gasteiger partial charge >= 0.3 is 12.4 Å². The van der Waals surface area contributed by atoms with E-state index in [0.29, 0.717) is 0 Å². The fraction of sp³-hybridized carbons (Fsp3) is 0.778. The third-order valence-electron chi connectivity index (χ3n) is 2.36. The molecule has 0 saturated heterocycles. The Morgan fingerprint density at radius 1 is 1.12 bits per heavy atom. The molecule has 1 atom stereocenters. The second-order valence-corrected chi connectivity index (χ2v) is 3.67. The van der Waals surface area contributed by atoms with Crippen LogP contribution in [0.25, 0.3) is 0 Å². The summed E-state index contributed by atoms with van der Waals surface area (Å²) in [7, 11) is 0. The lowest BCUT2D eigenvalue weighted by Crippen LogP contribution is -2.45. The first-order valence-corrected chi connectivity index (χ1v) is 4.76. The van der Waals surface area contributed by atoms with Crippen LogP contribution in [-0.4, -0.2) is 30.2 Å². The minimum Gasteiger partial charge on any atom is -0.501 e. The van der Waals surface area contributed by atoms with Crippen LogP contribution in [-0.2, 0) is 4.74 Å². The van der Waals surface area contributed by atoms with Gasteiger partial charge in [-0.1, -0.05) is 0 Å². The smallest absolute Gasteiger partial charge is 0.403 e. The predicted molar refractivity (Wildman–Crippen MR) is 44.9 cm³/mol. The van der Waals surface area contributed by atoms with Crippen molar-refractivity contribution in [1.82, 2.24) is 0 Å². The Hall–Kier alpha value is -0.920. The summed E-state index contributed by atoms with van der Waals surface area (Å²) in [6.45, 7) is 0.221. The van der Waals surface area contributed by atoms with Gasteiger partial charge in [0, 0.05) is 0 Å². The van der Waals surface area contributed by atoms with E-state index >= 15 is 0 Å². The Bertz CT molecular complexity index is 279. The van der Waals surface area contributed by atoms with Crippen molar-refractivity contribution in [3.05, 3.63) is 11.8 Å². The number of halogens is 6. The van der Waals surface area contributed by atoms with Crippen LogP contribution in [0, 0.1) is 5.92 Å². The van der Waals surface area contributed by atoms with Gasteiger partial charge in [0.2, 0.25) is 0 Å². The molecule has 8 heteroatoms. The Kier molecular flexibility index (Phi) is 3.95. The topological polar surface area (TPSA) is 29.5 Å². The van der Waals surface area contributed by atoms with E-state index in [0.717, 1.165) is 6.26 Å². The second-order valence-electron chi connectivity index (χ2n) is 3.67. The molecular weight excluding hydrogens is 254 g/mol. The first kappa shape index (κ1) is 14.1. The molecule has 0 aromatic carbocycles. The van der Waals surface area contributed by atoms with Crippen LogP contribution in [0.5, 0.6) is 0 Å². The highest BCUT2D eigenvalue weighted by atomic mass is 19.4. The van der Waals surface area contributed by atoms with Crippen molar-refractivity contribution in [3.63, 3.8) is 0 Å². The summed E-state index contributed by atoms with van der Waals surface area (Å²) in [5.74, 6) is -3.78. The summed E-state index contributed by atoms with van der Waals surface area (Å²) >= 11 is 0. The van der Waals surface area contributed by atoms with Crippen molar-refractivity contribution in [2.24, 2.45) is 5.92 Å². The quantitative estimate of drug-likeness (QED) is 0.777. The van der Waals surface area contributed by atoms with Crippen LogP contribution >= 0.6 is 0 Å². The molecule has 1 aliphatic heterocycles. The monoisotopic (exact) mass is 264 g/mol. The van der Waals surface area contributed by atoms with Crippen molar-refractivity contribution in [2.45, 2.75) is 31.3 Å². The van der Waals surface area contributed by atoms with Crippen molar-refractivity contribution in [1.29, 1.82) is 0 Å². The van der Waals surface area contributed by atoms with E-state index in [-0.39, 0.29) is 25.0 Å². The molecule has 0 spiro atoms. The Labute approximate surface area is 92.9 Å². The maximum atomic E-state index is 12.3. The SMILES string of the molecule is OC(C1=COCCC1)C(C(F)(F)F)C(F)(F)F. The normalized spacial score (nSPS) is 19.9. The van der Waals surface area contributed by atoms with Gasteiger partial charge in [-0.25, -0.2) is 0 Å². The number of aliphatic hydroxyl groups is 1. The molecule has 1 heterocycles. The lowest BCUT2D eigenvalue weighted by Gasteiger charge is -2.29. The summed E-state index contributed by atoms with van der Waals surface area (Å²) in [5.41, 5.74) is -0.379. The molecule has 0 radical (unpaired) electrons. The maximum absolute atomic E-state index is 12.3. The molecular formula is C9H10F6O2. The van der Waals surface area contributed by atoms with Crippen LogP contribution in [0.2, 0.25) is 0 Å². The van der Waals surface area contributed by atoms with Gasteiger partial charge in [-0.05, 0) is 18.4 Å². The number of rotatable bonds is 2. The molecule has 0 bridgehead atoms. The van der Waals surface area contributed by atoms with E-state index < -0.39 is 24.4 Å². The van der Waals surface area contributed by atoms with Gasteiger partial charge in [0.25, 0.3) is 0 Å². The lowest BCUT2D eigenvalue weighted by atomic mass is 9.92. The number of aliphatic hydroxyl groups excluding tert-OH is 1. The number of hydrogen-bond donors (Lipinski definition) is 1. The van der Waals surface area contributed by atoms with Gasteiger partial charge in [0.05, 0.1) is 19.0 Å². The van der Waals surface area contributed by atoms with Gasteiger partial charge in [0.1, 0.15) is 0 Å². The number of alkyl halides is 6. The van der Waals surface area contributed by atoms with Crippen molar-refractivity contribution >= 4 is 0 Å². The number of hydrogen-bond acceptors (Lipinski definition) is 2. The molecule has 100 valence electrons. The molecule has 1 unspecified atom stereocenters. The Morgan fingerprint density at radius 2 is 1.65 bits per heavy atom. The van der Waals surface area contributed by atoms with Crippen molar-refractivity contribution < 1.29 is 36.2 Å². The summed E-state index contributed by atoms with van der Waals surface area (Å²) in [6, 6.07) is 0. The first-order chi connectivity index (χ1) is 7.64. The van der Waals surface area contributed by atoms with E-state index in [1.807, 2.05) is 0 Å². The minimum absolute atomic E-state index is 0.0379. The molecule has 0 aromatic rings. The summed E-state index contributed by atoms with van der Waals surface area (Å²) in [5, 5.41) is 9.22. The predicted octanol–water partition coefficient (Wildman–Crippen LogP) is 2.78. The highest BCUT2D eigenvalue weighted by molar-refractivity contribution is 5.10. The van der Waals surface area contributed by atoms with Gasteiger partial charge in [-0.15, -0.1) is 0 Å². The molecule has 0 aliphatic carbocycles. The van der Waals surface area contributed by atoms with Gasteiger partial charge in [0.15, 0.2) is 5.92 Å². The molecule has 0 aromatic heterocycles. The summed E-state index contributed by atoms with van der Waals surface area (Å²) in [4.78, 5) is 0. The standard InChI is InChI=1S/C9H10F6O2/c10-8(11,12)7(9(13,14)15)6(16)5-2-1-3-17-4-5/h4,6-7,16H,1-3H2. The molecule has 1 aliphatic rings. The highest BCUT2D eigenvalue weighted by Gasteiger charge is 2.60. The fourth-order valence-electron chi connectivity index (χ4n) is 1.56. The van der Waals surface area contributed by atoms with E-state index in [2.05, 4.69) is 4.74 Å². The third-order valence-corrected chi connectivity index (χ3v) is 2.36. The van der Waals surface area contributed by atoms with Crippen molar-refractivity contribution in [2.75, 3.05) is 6.61 Å². The molecule has 0 fully saturated rings. The molecule has 0 amide bonds. The molecule has 17 heavy (non-hydrogen) atoms.